The van der Waals surface area contributed by atoms with Gasteiger partial charge in [-0.3, -0.25) is 4.79 Å². The van der Waals surface area contributed by atoms with Gasteiger partial charge in [0.2, 0.25) is 0 Å². The lowest BCUT2D eigenvalue weighted by Crippen LogP contribution is -2.29. The number of carbonyl (C=O) groups excluding carboxylic acids is 1. The third kappa shape index (κ3) is 2.49. The molecule has 2 aliphatic rings. The normalized spacial score (nSPS) is 23.9. The van der Waals surface area contributed by atoms with Gasteiger partial charge in [-0.1, -0.05) is 5.16 Å². The van der Waals surface area contributed by atoms with Crippen molar-refractivity contribution in [2.45, 2.75) is 25.2 Å². The van der Waals surface area contributed by atoms with E-state index < -0.39 is 0 Å². The van der Waals surface area contributed by atoms with Crippen molar-refractivity contribution < 1.29 is 14.1 Å². The monoisotopic (exact) mass is 236 g/mol. The van der Waals surface area contributed by atoms with E-state index >= 15 is 0 Å². The van der Waals surface area contributed by atoms with Crippen molar-refractivity contribution in [2.24, 2.45) is 5.92 Å². The maximum Gasteiger partial charge on any atom is 0.273 e. The molecule has 1 unspecified atom stereocenters. The average Bonchev–Trinajstić information content (AvgIpc) is 2.88. The highest BCUT2D eigenvalue weighted by atomic mass is 16.5. The molecule has 0 radical (unpaired) electrons. The molecule has 0 spiro atoms. The molecule has 1 N–H and O–H groups in total. The molecule has 1 atom stereocenters. The fourth-order valence-corrected chi connectivity index (χ4v) is 2.03. The van der Waals surface area contributed by atoms with Crippen LogP contribution in [0.5, 0.6) is 0 Å². The molecular weight excluding hydrogens is 220 g/mol. The van der Waals surface area contributed by atoms with Gasteiger partial charge >= 0.3 is 0 Å². The highest BCUT2D eigenvalue weighted by molar-refractivity contribution is 5.92. The highest BCUT2D eigenvalue weighted by Crippen LogP contribution is 2.40. The average molecular weight is 236 g/mol. The molecule has 1 aromatic heterocycles. The van der Waals surface area contributed by atoms with Crippen LogP contribution in [-0.4, -0.2) is 30.8 Å². The van der Waals surface area contributed by atoms with Crippen molar-refractivity contribution >= 4 is 5.91 Å². The summed E-state index contributed by atoms with van der Waals surface area (Å²) in [4.78, 5) is 11.8. The first kappa shape index (κ1) is 10.8. The largest absolute Gasteiger partial charge is 0.381 e. The third-order valence-electron chi connectivity index (χ3n) is 3.32. The van der Waals surface area contributed by atoms with Crippen LogP contribution < -0.4 is 5.32 Å². The summed E-state index contributed by atoms with van der Waals surface area (Å²) in [5.74, 6) is 1.63. The van der Waals surface area contributed by atoms with Crippen LogP contribution in [0.3, 0.4) is 0 Å². The zero-order valence-electron chi connectivity index (χ0n) is 9.65. The van der Waals surface area contributed by atoms with E-state index in [1.165, 1.54) is 0 Å². The first-order chi connectivity index (χ1) is 8.33. The van der Waals surface area contributed by atoms with Crippen LogP contribution in [0.4, 0.5) is 0 Å². The SMILES string of the molecule is O=C(NCC1CCOC1)c1cc(C2CC2)on1. The fraction of sp³-hybridized carbons (Fsp3) is 0.667. The Bertz CT molecular complexity index is 406. The molecule has 1 saturated heterocycles. The van der Waals surface area contributed by atoms with Gasteiger partial charge < -0.3 is 14.6 Å². The number of carbonyl (C=O) groups is 1. The Morgan fingerprint density at radius 2 is 2.35 bits per heavy atom. The van der Waals surface area contributed by atoms with Gasteiger partial charge in [-0.05, 0) is 19.3 Å². The molecule has 1 aliphatic heterocycles. The maximum atomic E-state index is 11.8. The van der Waals surface area contributed by atoms with Crippen LogP contribution in [-0.2, 0) is 4.74 Å². The van der Waals surface area contributed by atoms with Gasteiger partial charge in [-0.2, -0.15) is 0 Å². The van der Waals surface area contributed by atoms with Crippen LogP contribution in [0.2, 0.25) is 0 Å². The van der Waals surface area contributed by atoms with Gasteiger partial charge in [-0.15, -0.1) is 0 Å². The number of amides is 1. The molecule has 5 heteroatoms. The number of hydrogen-bond donors (Lipinski definition) is 1. The van der Waals surface area contributed by atoms with E-state index in [2.05, 4.69) is 10.5 Å². The first-order valence-corrected chi connectivity index (χ1v) is 6.15. The quantitative estimate of drug-likeness (QED) is 0.856. The summed E-state index contributed by atoms with van der Waals surface area (Å²) >= 11 is 0. The minimum atomic E-state index is -0.146. The van der Waals surface area contributed by atoms with E-state index in [4.69, 9.17) is 9.26 Å². The molecule has 1 aromatic rings. The molecule has 2 fully saturated rings. The topological polar surface area (TPSA) is 64.4 Å². The predicted octanol–water partition coefficient (Wildman–Crippen LogP) is 1.32. The second-order valence-electron chi connectivity index (χ2n) is 4.83. The van der Waals surface area contributed by atoms with Crippen molar-refractivity contribution in [3.8, 4) is 0 Å². The smallest absolute Gasteiger partial charge is 0.273 e. The Kier molecular flexibility index (Phi) is 2.84. The number of nitrogens with one attached hydrogen (secondary N) is 1. The molecule has 1 amide bonds. The minimum Gasteiger partial charge on any atom is -0.381 e. The van der Waals surface area contributed by atoms with Crippen LogP contribution in [0.25, 0.3) is 0 Å². The summed E-state index contributed by atoms with van der Waals surface area (Å²) in [5, 5.41) is 6.68. The second-order valence-corrected chi connectivity index (χ2v) is 4.83. The molecule has 5 nitrogen and oxygen atoms in total. The van der Waals surface area contributed by atoms with Crippen molar-refractivity contribution in [3.63, 3.8) is 0 Å². The van der Waals surface area contributed by atoms with E-state index in [1.54, 1.807) is 6.07 Å². The van der Waals surface area contributed by atoms with E-state index in [-0.39, 0.29) is 5.91 Å². The molecular formula is C12H16N2O3. The molecule has 2 heterocycles. The molecule has 0 bridgehead atoms. The summed E-state index contributed by atoms with van der Waals surface area (Å²) in [6.45, 7) is 2.20. The summed E-state index contributed by atoms with van der Waals surface area (Å²) < 4.78 is 10.4. The standard InChI is InChI=1S/C12H16N2O3/c15-12(13-6-8-3-4-16-7-8)10-5-11(17-14-10)9-1-2-9/h5,8-9H,1-4,6-7H2,(H,13,15). The zero-order chi connectivity index (χ0) is 11.7. The van der Waals surface area contributed by atoms with Gasteiger partial charge in [0.05, 0.1) is 6.61 Å². The molecule has 3 rings (SSSR count). The highest BCUT2D eigenvalue weighted by Gasteiger charge is 2.29. The van der Waals surface area contributed by atoms with Gasteiger partial charge in [0.25, 0.3) is 5.91 Å². The Morgan fingerprint density at radius 1 is 1.47 bits per heavy atom. The number of nitrogens with zero attached hydrogens (tertiary/aromatic N) is 1. The Labute approximate surface area is 99.5 Å². The van der Waals surface area contributed by atoms with Gasteiger partial charge in [0.15, 0.2) is 5.69 Å². The van der Waals surface area contributed by atoms with E-state index in [0.29, 0.717) is 24.1 Å². The van der Waals surface area contributed by atoms with Gasteiger partial charge in [0, 0.05) is 31.1 Å². The van der Waals surface area contributed by atoms with Gasteiger partial charge in [-0.25, -0.2) is 0 Å². The van der Waals surface area contributed by atoms with E-state index in [0.717, 1.165) is 38.2 Å². The lowest BCUT2D eigenvalue weighted by Gasteiger charge is -2.07. The number of aromatic nitrogens is 1. The minimum absolute atomic E-state index is 0.146. The van der Waals surface area contributed by atoms with Crippen molar-refractivity contribution in [3.05, 3.63) is 17.5 Å². The first-order valence-electron chi connectivity index (χ1n) is 6.15. The van der Waals surface area contributed by atoms with Crippen LogP contribution >= 0.6 is 0 Å². The summed E-state index contributed by atoms with van der Waals surface area (Å²) in [7, 11) is 0. The van der Waals surface area contributed by atoms with E-state index in [9.17, 15) is 4.79 Å². The molecule has 92 valence electrons. The van der Waals surface area contributed by atoms with E-state index in [1.807, 2.05) is 0 Å². The van der Waals surface area contributed by atoms with Crippen LogP contribution in [0, 0.1) is 5.92 Å². The molecule has 1 aliphatic carbocycles. The summed E-state index contributed by atoms with van der Waals surface area (Å²) in [5.41, 5.74) is 0.394. The van der Waals surface area contributed by atoms with Crippen molar-refractivity contribution in [1.82, 2.24) is 10.5 Å². The molecule has 17 heavy (non-hydrogen) atoms. The maximum absolute atomic E-state index is 11.8. The van der Waals surface area contributed by atoms with Gasteiger partial charge in [0.1, 0.15) is 5.76 Å². The Hall–Kier alpha value is -1.36. The summed E-state index contributed by atoms with van der Waals surface area (Å²) in [6.07, 6.45) is 3.32. The Balaban J connectivity index is 1.53. The van der Waals surface area contributed by atoms with Crippen LogP contribution in [0.1, 0.15) is 41.4 Å². The molecule has 1 saturated carbocycles. The number of rotatable bonds is 4. The fourth-order valence-electron chi connectivity index (χ4n) is 2.03. The molecule has 0 aromatic carbocycles. The van der Waals surface area contributed by atoms with Crippen LogP contribution in [0.15, 0.2) is 10.6 Å². The summed E-state index contributed by atoms with van der Waals surface area (Å²) in [6, 6.07) is 1.76. The number of ether oxygens (including phenoxy) is 1. The number of hydrogen-bond acceptors (Lipinski definition) is 4. The van der Waals surface area contributed by atoms with Crippen molar-refractivity contribution in [2.75, 3.05) is 19.8 Å². The third-order valence-corrected chi connectivity index (χ3v) is 3.32. The lowest BCUT2D eigenvalue weighted by atomic mass is 10.1. The Morgan fingerprint density at radius 3 is 3.06 bits per heavy atom. The lowest BCUT2D eigenvalue weighted by molar-refractivity contribution is 0.0936. The second kappa shape index (κ2) is 4.49. The predicted molar refractivity (Wildman–Crippen MR) is 59.7 cm³/mol. The zero-order valence-corrected chi connectivity index (χ0v) is 9.65. The van der Waals surface area contributed by atoms with Crippen molar-refractivity contribution in [1.29, 1.82) is 0 Å².